The lowest BCUT2D eigenvalue weighted by atomic mass is 10.1. The van der Waals surface area contributed by atoms with Crippen LogP contribution in [-0.4, -0.2) is 48.4 Å². The molecule has 2 heterocycles. The van der Waals surface area contributed by atoms with Crippen LogP contribution >= 0.6 is 15.9 Å². The molecule has 4 nitrogen and oxygen atoms in total. The summed E-state index contributed by atoms with van der Waals surface area (Å²) in [7, 11) is 0. The van der Waals surface area contributed by atoms with Crippen molar-refractivity contribution in [3.8, 4) is 0 Å². The van der Waals surface area contributed by atoms with Gasteiger partial charge in [-0.3, -0.25) is 9.69 Å². The van der Waals surface area contributed by atoms with Gasteiger partial charge in [-0.25, -0.2) is 4.98 Å². The number of fused-ring (bicyclic) bond motifs is 1. The molecular formula is C21H20BrN3O. The van der Waals surface area contributed by atoms with E-state index in [0.717, 1.165) is 52.9 Å². The Morgan fingerprint density at radius 1 is 0.962 bits per heavy atom. The predicted octanol–water partition coefficient (Wildman–Crippen LogP) is 4.00. The standard InChI is InChI=1S/C21H20BrN3O/c22-18-6-3-5-17(14-18)20(26)15-24-10-12-25(13-11-24)21-9-8-16-4-1-2-7-19(16)23-21/h1-9,14H,10-13,15H2. The smallest absolute Gasteiger partial charge is 0.176 e. The van der Waals surface area contributed by atoms with Gasteiger partial charge in [0.2, 0.25) is 0 Å². The Labute approximate surface area is 161 Å². The van der Waals surface area contributed by atoms with Crippen LogP contribution in [-0.2, 0) is 0 Å². The number of halogens is 1. The average Bonchev–Trinajstić information content (AvgIpc) is 2.68. The normalized spacial score (nSPS) is 15.3. The minimum Gasteiger partial charge on any atom is -0.354 e. The van der Waals surface area contributed by atoms with Crippen molar-refractivity contribution in [3.05, 3.63) is 70.7 Å². The first-order chi connectivity index (χ1) is 12.7. The van der Waals surface area contributed by atoms with Gasteiger partial charge in [0.05, 0.1) is 12.1 Å². The third-order valence-electron chi connectivity index (χ3n) is 4.79. The highest BCUT2D eigenvalue weighted by molar-refractivity contribution is 9.10. The second-order valence-corrected chi connectivity index (χ2v) is 7.47. The number of hydrogen-bond donors (Lipinski definition) is 0. The molecule has 0 N–H and O–H groups in total. The van der Waals surface area contributed by atoms with Gasteiger partial charge < -0.3 is 4.90 Å². The minimum atomic E-state index is 0.170. The summed E-state index contributed by atoms with van der Waals surface area (Å²) in [5.41, 5.74) is 1.79. The number of Topliss-reactive ketones (excluding diaryl/α,β-unsaturated/α-hetero) is 1. The maximum atomic E-state index is 12.5. The molecule has 1 saturated heterocycles. The van der Waals surface area contributed by atoms with E-state index in [0.29, 0.717) is 6.54 Å². The molecule has 4 rings (SSSR count). The number of rotatable bonds is 4. The quantitative estimate of drug-likeness (QED) is 0.610. The van der Waals surface area contributed by atoms with E-state index in [9.17, 15) is 4.79 Å². The molecule has 1 fully saturated rings. The number of carbonyl (C=O) groups is 1. The van der Waals surface area contributed by atoms with Crippen LogP contribution < -0.4 is 4.90 Å². The van der Waals surface area contributed by atoms with Crippen molar-refractivity contribution in [3.63, 3.8) is 0 Å². The topological polar surface area (TPSA) is 36.4 Å². The number of para-hydroxylation sites is 1. The molecule has 1 aromatic heterocycles. The summed E-state index contributed by atoms with van der Waals surface area (Å²) in [6.45, 7) is 3.98. The third kappa shape index (κ3) is 3.79. The lowest BCUT2D eigenvalue weighted by molar-refractivity contribution is 0.0926. The van der Waals surface area contributed by atoms with Gasteiger partial charge in [0.15, 0.2) is 5.78 Å². The Bertz CT molecular complexity index is 935. The van der Waals surface area contributed by atoms with Gasteiger partial charge in [0.1, 0.15) is 5.82 Å². The second kappa shape index (κ2) is 7.56. The molecule has 0 radical (unpaired) electrons. The molecule has 1 aliphatic rings. The summed E-state index contributed by atoms with van der Waals surface area (Å²) in [5, 5.41) is 1.16. The van der Waals surface area contributed by atoms with Crippen molar-refractivity contribution in [1.82, 2.24) is 9.88 Å². The molecule has 0 atom stereocenters. The summed E-state index contributed by atoms with van der Waals surface area (Å²) in [6, 6.07) is 20.0. The van der Waals surface area contributed by atoms with Crippen molar-refractivity contribution < 1.29 is 4.79 Å². The number of pyridine rings is 1. The molecular weight excluding hydrogens is 390 g/mol. The number of benzene rings is 2. The van der Waals surface area contributed by atoms with E-state index in [1.54, 1.807) is 0 Å². The Balaban J connectivity index is 1.38. The molecule has 132 valence electrons. The van der Waals surface area contributed by atoms with Crippen LogP contribution in [0, 0.1) is 0 Å². The Kier molecular flexibility index (Phi) is 5.00. The number of carbonyl (C=O) groups excluding carboxylic acids is 1. The van der Waals surface area contributed by atoms with Gasteiger partial charge in [-0.1, -0.05) is 46.3 Å². The molecule has 0 spiro atoms. The number of hydrogen-bond acceptors (Lipinski definition) is 4. The van der Waals surface area contributed by atoms with Gasteiger partial charge in [-0.2, -0.15) is 0 Å². The van der Waals surface area contributed by atoms with E-state index in [2.05, 4.69) is 43.9 Å². The number of ketones is 1. The third-order valence-corrected chi connectivity index (χ3v) is 5.29. The molecule has 0 saturated carbocycles. The highest BCUT2D eigenvalue weighted by Gasteiger charge is 2.20. The molecule has 5 heteroatoms. The summed E-state index contributed by atoms with van der Waals surface area (Å²) in [4.78, 5) is 21.8. The number of piperazine rings is 1. The molecule has 0 amide bonds. The Morgan fingerprint density at radius 2 is 1.77 bits per heavy atom. The summed E-state index contributed by atoms with van der Waals surface area (Å²) < 4.78 is 0.940. The minimum absolute atomic E-state index is 0.170. The zero-order valence-corrected chi connectivity index (χ0v) is 16.0. The fourth-order valence-corrected chi connectivity index (χ4v) is 3.72. The molecule has 0 unspecified atom stereocenters. The maximum absolute atomic E-state index is 12.5. The van der Waals surface area contributed by atoms with Crippen molar-refractivity contribution in [2.45, 2.75) is 0 Å². The van der Waals surface area contributed by atoms with Crippen molar-refractivity contribution in [2.24, 2.45) is 0 Å². The summed E-state index contributed by atoms with van der Waals surface area (Å²) in [6.07, 6.45) is 0. The maximum Gasteiger partial charge on any atom is 0.176 e. The van der Waals surface area contributed by atoms with Crippen LogP contribution in [0.4, 0.5) is 5.82 Å². The Hall–Kier alpha value is -2.24. The van der Waals surface area contributed by atoms with Crippen molar-refractivity contribution >= 4 is 38.4 Å². The molecule has 2 aromatic carbocycles. The lowest BCUT2D eigenvalue weighted by Crippen LogP contribution is -2.48. The monoisotopic (exact) mass is 409 g/mol. The van der Waals surface area contributed by atoms with Crippen molar-refractivity contribution in [1.29, 1.82) is 0 Å². The summed E-state index contributed by atoms with van der Waals surface area (Å²) in [5.74, 6) is 1.19. The number of aromatic nitrogens is 1. The molecule has 1 aliphatic heterocycles. The fraction of sp³-hybridized carbons (Fsp3) is 0.238. The molecule has 3 aromatic rings. The zero-order valence-electron chi connectivity index (χ0n) is 14.4. The second-order valence-electron chi connectivity index (χ2n) is 6.56. The summed E-state index contributed by atoms with van der Waals surface area (Å²) >= 11 is 3.43. The largest absolute Gasteiger partial charge is 0.354 e. The van der Waals surface area contributed by atoms with Gasteiger partial charge in [-0.15, -0.1) is 0 Å². The number of anilines is 1. The van der Waals surface area contributed by atoms with E-state index in [1.807, 2.05) is 42.5 Å². The molecule has 0 bridgehead atoms. The van der Waals surface area contributed by atoms with Gasteiger partial charge in [-0.05, 0) is 30.3 Å². The lowest BCUT2D eigenvalue weighted by Gasteiger charge is -2.35. The van der Waals surface area contributed by atoms with Crippen LogP contribution in [0.15, 0.2) is 65.1 Å². The van der Waals surface area contributed by atoms with E-state index in [1.165, 1.54) is 0 Å². The van der Waals surface area contributed by atoms with Gasteiger partial charge in [0.25, 0.3) is 0 Å². The van der Waals surface area contributed by atoms with Crippen LogP contribution in [0.25, 0.3) is 10.9 Å². The van der Waals surface area contributed by atoms with Gasteiger partial charge in [0, 0.05) is 41.6 Å². The van der Waals surface area contributed by atoms with Crippen molar-refractivity contribution in [2.75, 3.05) is 37.6 Å². The predicted molar refractivity (Wildman–Crippen MR) is 109 cm³/mol. The highest BCUT2D eigenvalue weighted by atomic mass is 79.9. The number of nitrogens with zero attached hydrogens (tertiary/aromatic N) is 3. The molecule has 26 heavy (non-hydrogen) atoms. The van der Waals surface area contributed by atoms with Crippen LogP contribution in [0.3, 0.4) is 0 Å². The SMILES string of the molecule is O=C(CN1CCN(c2ccc3ccccc3n2)CC1)c1cccc(Br)c1. The van der Waals surface area contributed by atoms with E-state index >= 15 is 0 Å². The van der Waals surface area contributed by atoms with E-state index in [4.69, 9.17) is 4.98 Å². The highest BCUT2D eigenvalue weighted by Crippen LogP contribution is 2.19. The van der Waals surface area contributed by atoms with Crippen LogP contribution in [0.5, 0.6) is 0 Å². The first-order valence-electron chi connectivity index (χ1n) is 8.81. The van der Waals surface area contributed by atoms with Gasteiger partial charge >= 0.3 is 0 Å². The fourth-order valence-electron chi connectivity index (χ4n) is 3.32. The van der Waals surface area contributed by atoms with E-state index in [-0.39, 0.29) is 5.78 Å². The van der Waals surface area contributed by atoms with E-state index < -0.39 is 0 Å². The average molecular weight is 410 g/mol. The first-order valence-corrected chi connectivity index (χ1v) is 9.60. The molecule has 0 aliphatic carbocycles. The zero-order chi connectivity index (χ0) is 17.9. The first kappa shape index (κ1) is 17.2. The van der Waals surface area contributed by atoms with Crippen LogP contribution in [0.1, 0.15) is 10.4 Å². The van der Waals surface area contributed by atoms with Crippen LogP contribution in [0.2, 0.25) is 0 Å². The Morgan fingerprint density at radius 3 is 2.58 bits per heavy atom.